The topological polar surface area (TPSA) is 120 Å². The quantitative estimate of drug-likeness (QED) is 0.473. The molecule has 10 nitrogen and oxygen atoms in total. The normalized spacial score (nSPS) is 21.5. The van der Waals surface area contributed by atoms with E-state index in [-0.39, 0.29) is 29.2 Å². The van der Waals surface area contributed by atoms with Gasteiger partial charge < -0.3 is 18.7 Å². The molecule has 1 saturated heterocycles. The van der Waals surface area contributed by atoms with Gasteiger partial charge in [-0.3, -0.25) is 14.9 Å². The van der Waals surface area contributed by atoms with E-state index >= 15 is 0 Å². The summed E-state index contributed by atoms with van der Waals surface area (Å²) < 4.78 is 12.9. The van der Waals surface area contributed by atoms with E-state index in [1.54, 1.807) is 23.1 Å². The van der Waals surface area contributed by atoms with Gasteiger partial charge in [0.1, 0.15) is 11.9 Å². The number of anilines is 1. The lowest BCUT2D eigenvalue weighted by atomic mass is 9.65. The monoisotopic (exact) mass is 507 g/mol. The lowest BCUT2D eigenvalue weighted by Gasteiger charge is -2.46. The summed E-state index contributed by atoms with van der Waals surface area (Å²) in [5.41, 5.74) is 2.16. The lowest BCUT2D eigenvalue weighted by molar-refractivity contribution is 0.0199. The van der Waals surface area contributed by atoms with Gasteiger partial charge in [0.05, 0.1) is 16.7 Å². The second kappa shape index (κ2) is 9.00. The van der Waals surface area contributed by atoms with Crippen molar-refractivity contribution in [3.63, 3.8) is 0 Å². The number of imidazole rings is 1. The van der Waals surface area contributed by atoms with Crippen molar-refractivity contribution < 1.29 is 23.6 Å². The van der Waals surface area contributed by atoms with E-state index in [2.05, 4.69) is 15.5 Å². The highest BCUT2D eigenvalue weighted by Crippen LogP contribution is 2.55. The number of hydrogen-bond acceptors (Lipinski definition) is 7. The van der Waals surface area contributed by atoms with E-state index in [0.717, 1.165) is 31.1 Å². The van der Waals surface area contributed by atoms with Crippen molar-refractivity contribution in [1.29, 1.82) is 0 Å². The van der Waals surface area contributed by atoms with Crippen molar-refractivity contribution >= 4 is 35.3 Å². The zero-order valence-electron chi connectivity index (χ0n) is 21.9. The summed E-state index contributed by atoms with van der Waals surface area (Å²) in [5, 5.41) is 6.87. The predicted molar refractivity (Wildman–Crippen MR) is 137 cm³/mol. The number of hydrogen-bond donors (Lipinski definition) is 1. The average Bonchev–Trinajstić information content (AvgIpc) is 3.53. The summed E-state index contributed by atoms with van der Waals surface area (Å²) in [6.45, 7) is 10.9. The molecule has 1 N–H and O–H groups in total. The van der Waals surface area contributed by atoms with Crippen molar-refractivity contribution in [3.05, 3.63) is 41.3 Å². The first-order valence-electron chi connectivity index (χ1n) is 12.7. The predicted octanol–water partition coefficient (Wildman–Crippen LogP) is 5.17. The average molecular weight is 508 g/mol. The number of rotatable bonds is 5. The van der Waals surface area contributed by atoms with Crippen LogP contribution in [0.3, 0.4) is 0 Å². The van der Waals surface area contributed by atoms with Crippen LogP contribution >= 0.6 is 0 Å². The molecule has 2 aromatic heterocycles. The number of fused-ring (bicyclic) bond motifs is 1. The van der Waals surface area contributed by atoms with Gasteiger partial charge in [-0.15, -0.1) is 0 Å². The molecule has 1 aliphatic heterocycles. The molecule has 1 saturated carbocycles. The minimum Gasteiger partial charge on any atom is -0.444 e. The van der Waals surface area contributed by atoms with E-state index in [0.29, 0.717) is 35.8 Å². The zero-order chi connectivity index (χ0) is 26.5. The molecule has 2 fully saturated rings. The van der Waals surface area contributed by atoms with Crippen molar-refractivity contribution in [2.24, 2.45) is 5.41 Å². The number of nitrogens with zero attached hydrogens (tertiary/aromatic N) is 4. The van der Waals surface area contributed by atoms with Gasteiger partial charge in [0.2, 0.25) is 11.7 Å². The van der Waals surface area contributed by atoms with Crippen LogP contribution in [0.5, 0.6) is 0 Å². The van der Waals surface area contributed by atoms with Crippen LogP contribution in [0, 0.1) is 5.41 Å². The maximum Gasteiger partial charge on any atom is 0.410 e. The molecule has 1 spiro atoms. The number of amides is 2. The summed E-state index contributed by atoms with van der Waals surface area (Å²) >= 11 is 0. The Labute approximate surface area is 215 Å². The molecule has 2 aliphatic rings. The Morgan fingerprint density at radius 1 is 1.24 bits per heavy atom. The molecule has 3 heterocycles. The maximum absolute atomic E-state index is 13.0. The Hall–Kier alpha value is -3.69. The van der Waals surface area contributed by atoms with Crippen molar-refractivity contribution in [2.75, 3.05) is 18.4 Å². The fraction of sp³-hybridized carbons (Fsp3) is 0.519. The summed E-state index contributed by atoms with van der Waals surface area (Å²) in [4.78, 5) is 43.4. The number of aldehydes is 1. The first-order chi connectivity index (χ1) is 17.5. The molecule has 1 aliphatic carbocycles. The number of ether oxygens (including phenoxy) is 1. The molecule has 10 heteroatoms. The molecule has 3 aromatic rings. The molecule has 0 atom stereocenters. The third kappa shape index (κ3) is 4.84. The minimum absolute atomic E-state index is 0.0132. The van der Waals surface area contributed by atoms with E-state index < -0.39 is 11.5 Å². The Bertz CT molecular complexity index is 1360. The van der Waals surface area contributed by atoms with E-state index in [1.165, 1.54) is 0 Å². The van der Waals surface area contributed by atoms with Crippen LogP contribution in [0.2, 0.25) is 0 Å². The molecule has 37 heavy (non-hydrogen) atoms. The smallest absolute Gasteiger partial charge is 0.410 e. The van der Waals surface area contributed by atoms with E-state index in [1.807, 2.05) is 45.3 Å². The Morgan fingerprint density at radius 3 is 2.65 bits per heavy atom. The summed E-state index contributed by atoms with van der Waals surface area (Å²) in [6, 6.07) is 7.05. The summed E-state index contributed by atoms with van der Waals surface area (Å²) in [7, 11) is 0. The van der Waals surface area contributed by atoms with Crippen LogP contribution in [0.1, 0.15) is 92.4 Å². The standard InChI is InChI=1S/C27H33N5O5/c1-16(2)19-11-22(37-30-19)23(34)29-24-28-20-10-17(14-33)6-7-21(20)32(24)18-12-27(13-18)8-9-31(15-27)25(35)36-26(3,4)5/h6-7,10-11,14,16,18H,8-9,12-13,15H2,1-5H3,(H,28,29,34). The van der Waals surface area contributed by atoms with Gasteiger partial charge in [0, 0.05) is 30.8 Å². The second-order valence-electron chi connectivity index (χ2n) is 11.6. The molecule has 1 aromatic carbocycles. The second-order valence-corrected chi connectivity index (χ2v) is 11.6. The minimum atomic E-state index is -0.530. The molecule has 5 rings (SSSR count). The van der Waals surface area contributed by atoms with Gasteiger partial charge in [-0.1, -0.05) is 19.0 Å². The number of benzene rings is 1. The highest BCUT2D eigenvalue weighted by Gasteiger charge is 2.51. The first kappa shape index (κ1) is 25.0. The van der Waals surface area contributed by atoms with Gasteiger partial charge in [0.25, 0.3) is 5.91 Å². The lowest BCUT2D eigenvalue weighted by Crippen LogP contribution is -2.43. The number of aromatic nitrogens is 3. The largest absolute Gasteiger partial charge is 0.444 e. The number of nitrogens with one attached hydrogen (secondary N) is 1. The number of carbonyl (C=O) groups excluding carboxylic acids is 3. The third-order valence-electron chi connectivity index (χ3n) is 7.21. The highest BCUT2D eigenvalue weighted by atomic mass is 16.6. The molecular formula is C27H33N5O5. The van der Waals surface area contributed by atoms with Crippen LogP contribution in [-0.4, -0.2) is 56.6 Å². The van der Waals surface area contributed by atoms with Crippen molar-refractivity contribution in [1.82, 2.24) is 19.6 Å². The SMILES string of the molecule is CC(C)c1cc(C(=O)Nc2nc3cc(C=O)ccc3n2C2CC3(CCN(C(=O)OC(C)(C)C)C3)C2)on1. The van der Waals surface area contributed by atoms with E-state index in [9.17, 15) is 14.4 Å². The van der Waals surface area contributed by atoms with Crippen LogP contribution in [0.15, 0.2) is 28.8 Å². The molecular weight excluding hydrogens is 474 g/mol. The van der Waals surface area contributed by atoms with Crippen LogP contribution < -0.4 is 5.32 Å². The van der Waals surface area contributed by atoms with E-state index in [4.69, 9.17) is 9.26 Å². The van der Waals surface area contributed by atoms with Gasteiger partial charge in [0.15, 0.2) is 0 Å². The van der Waals surface area contributed by atoms with Gasteiger partial charge >= 0.3 is 6.09 Å². The van der Waals surface area contributed by atoms with Gasteiger partial charge in [-0.25, -0.2) is 9.78 Å². The van der Waals surface area contributed by atoms with Crippen molar-refractivity contribution in [2.45, 2.75) is 71.4 Å². The van der Waals surface area contributed by atoms with Crippen molar-refractivity contribution in [3.8, 4) is 0 Å². The molecule has 0 unspecified atom stereocenters. The Morgan fingerprint density at radius 2 is 2.00 bits per heavy atom. The Kier molecular flexibility index (Phi) is 6.08. The summed E-state index contributed by atoms with van der Waals surface area (Å²) in [5.74, 6) is 0.212. The fourth-order valence-corrected chi connectivity index (χ4v) is 5.35. The van der Waals surface area contributed by atoms with Gasteiger partial charge in [-0.05, 0) is 69.6 Å². The zero-order valence-corrected chi connectivity index (χ0v) is 21.9. The fourth-order valence-electron chi connectivity index (χ4n) is 5.35. The molecule has 196 valence electrons. The highest BCUT2D eigenvalue weighted by molar-refractivity contribution is 6.02. The maximum atomic E-state index is 13.0. The first-order valence-corrected chi connectivity index (χ1v) is 12.7. The number of carbonyl (C=O) groups is 3. The summed E-state index contributed by atoms with van der Waals surface area (Å²) in [6.07, 6.45) is 3.10. The van der Waals surface area contributed by atoms with Gasteiger partial charge in [-0.2, -0.15) is 0 Å². The molecule has 0 radical (unpaired) electrons. The molecule has 2 amide bonds. The van der Waals surface area contributed by atoms with Crippen LogP contribution in [0.4, 0.5) is 10.7 Å². The Balaban J connectivity index is 1.38. The molecule has 0 bridgehead atoms. The third-order valence-corrected chi connectivity index (χ3v) is 7.21. The van der Waals surface area contributed by atoms with Crippen LogP contribution in [0.25, 0.3) is 11.0 Å². The van der Waals surface area contributed by atoms with Crippen LogP contribution in [-0.2, 0) is 4.74 Å². The number of likely N-dealkylation sites (tertiary alicyclic amines) is 1.